The summed E-state index contributed by atoms with van der Waals surface area (Å²) in [6.07, 6.45) is 2.52. The van der Waals surface area contributed by atoms with E-state index in [0.717, 1.165) is 19.3 Å². The van der Waals surface area contributed by atoms with Crippen LogP contribution < -0.4 is 9.47 Å². The number of hydrogen-bond donors (Lipinski definition) is 0. The van der Waals surface area contributed by atoms with Crippen molar-refractivity contribution in [1.82, 2.24) is 9.80 Å². The van der Waals surface area contributed by atoms with Crippen molar-refractivity contribution >= 4 is 27.7 Å². The molecule has 0 aliphatic carbocycles. The summed E-state index contributed by atoms with van der Waals surface area (Å²) in [5.74, 6) is 1.01. The lowest BCUT2D eigenvalue weighted by molar-refractivity contribution is -0.141. The number of carbonyl (C=O) groups excluding carboxylic acids is 2. The number of likely N-dealkylation sites (tertiary alicyclic amines) is 1. The lowest BCUT2D eigenvalue weighted by atomic mass is 9.95. The summed E-state index contributed by atoms with van der Waals surface area (Å²) in [6, 6.07) is 3.48. The minimum absolute atomic E-state index is 0.0921. The maximum Gasteiger partial charge on any atom is 0.254 e. The van der Waals surface area contributed by atoms with Crippen LogP contribution in [0.2, 0.25) is 0 Å². The molecule has 0 N–H and O–H groups in total. The van der Waals surface area contributed by atoms with E-state index in [2.05, 4.69) is 15.9 Å². The topological polar surface area (TPSA) is 68.3 Å². The highest BCUT2D eigenvalue weighted by atomic mass is 79.9. The van der Waals surface area contributed by atoms with E-state index in [4.69, 9.17) is 14.2 Å². The highest BCUT2D eigenvalue weighted by Crippen LogP contribution is 2.37. The molecule has 2 saturated heterocycles. The molecular weight excluding hydrogens is 440 g/mol. The van der Waals surface area contributed by atoms with Crippen LogP contribution in [0.25, 0.3) is 0 Å². The van der Waals surface area contributed by atoms with E-state index >= 15 is 0 Å². The van der Waals surface area contributed by atoms with Crippen LogP contribution in [-0.2, 0) is 9.53 Å². The van der Waals surface area contributed by atoms with E-state index < -0.39 is 0 Å². The van der Waals surface area contributed by atoms with Gasteiger partial charge in [-0.05, 0) is 47.3 Å². The first-order valence-corrected chi connectivity index (χ1v) is 11.0. The fourth-order valence-electron chi connectivity index (χ4n) is 3.78. The zero-order valence-corrected chi connectivity index (χ0v) is 18.7. The summed E-state index contributed by atoms with van der Waals surface area (Å²) in [5, 5.41) is 0. The third-order valence-electron chi connectivity index (χ3n) is 5.31. The molecular formula is C21H29BrN2O5. The summed E-state index contributed by atoms with van der Waals surface area (Å²) in [6.45, 7) is 6.13. The summed E-state index contributed by atoms with van der Waals surface area (Å²) >= 11 is 3.50. The van der Waals surface area contributed by atoms with Crippen LogP contribution in [0.15, 0.2) is 16.6 Å². The third kappa shape index (κ3) is 5.22. The summed E-state index contributed by atoms with van der Waals surface area (Å²) < 4.78 is 17.2. The molecule has 160 valence electrons. The smallest absolute Gasteiger partial charge is 0.254 e. The predicted octanol–water partition coefficient (Wildman–Crippen LogP) is 2.96. The molecule has 0 spiro atoms. The monoisotopic (exact) mass is 468 g/mol. The van der Waals surface area contributed by atoms with E-state index in [1.54, 1.807) is 24.1 Å². The summed E-state index contributed by atoms with van der Waals surface area (Å²) in [4.78, 5) is 29.6. The van der Waals surface area contributed by atoms with Gasteiger partial charge in [-0.2, -0.15) is 0 Å². The molecule has 0 radical (unpaired) electrons. The van der Waals surface area contributed by atoms with Gasteiger partial charge in [0.25, 0.3) is 5.91 Å². The van der Waals surface area contributed by atoms with Crippen molar-refractivity contribution in [3.63, 3.8) is 0 Å². The Hall–Kier alpha value is -1.80. The van der Waals surface area contributed by atoms with Gasteiger partial charge in [-0.3, -0.25) is 9.59 Å². The van der Waals surface area contributed by atoms with Gasteiger partial charge < -0.3 is 24.0 Å². The molecule has 3 rings (SSSR count). The first kappa shape index (κ1) is 21.9. The van der Waals surface area contributed by atoms with Crippen molar-refractivity contribution in [2.24, 2.45) is 5.92 Å². The Balaban J connectivity index is 1.72. The lowest BCUT2D eigenvalue weighted by Gasteiger charge is -2.36. The van der Waals surface area contributed by atoms with Crippen LogP contribution in [0.3, 0.4) is 0 Å². The largest absolute Gasteiger partial charge is 0.493 e. The van der Waals surface area contributed by atoms with E-state index in [1.807, 2.05) is 11.8 Å². The van der Waals surface area contributed by atoms with E-state index in [1.165, 1.54) is 0 Å². The zero-order chi connectivity index (χ0) is 20.8. The van der Waals surface area contributed by atoms with Gasteiger partial charge in [0.2, 0.25) is 5.91 Å². The predicted molar refractivity (Wildman–Crippen MR) is 113 cm³/mol. The van der Waals surface area contributed by atoms with Crippen LogP contribution in [0, 0.1) is 5.92 Å². The molecule has 1 aromatic carbocycles. The van der Waals surface area contributed by atoms with Gasteiger partial charge in [0.1, 0.15) is 0 Å². The number of benzene rings is 1. The van der Waals surface area contributed by atoms with E-state index in [-0.39, 0.29) is 17.7 Å². The molecule has 8 heteroatoms. The Labute approximate surface area is 180 Å². The van der Waals surface area contributed by atoms with Gasteiger partial charge in [0.05, 0.1) is 37.3 Å². The molecule has 29 heavy (non-hydrogen) atoms. The molecule has 2 aliphatic heterocycles. The highest BCUT2D eigenvalue weighted by Gasteiger charge is 2.32. The Bertz CT molecular complexity index is 736. The Morgan fingerprint density at radius 2 is 1.97 bits per heavy atom. The number of ether oxygens (including phenoxy) is 3. The van der Waals surface area contributed by atoms with Crippen molar-refractivity contribution in [1.29, 1.82) is 0 Å². The number of nitrogens with zero attached hydrogens (tertiary/aromatic N) is 2. The summed E-state index contributed by atoms with van der Waals surface area (Å²) in [7, 11) is 1.56. The van der Waals surface area contributed by atoms with Crippen molar-refractivity contribution in [2.75, 3.05) is 53.1 Å². The Morgan fingerprint density at radius 1 is 1.21 bits per heavy atom. The number of amides is 2. The second kappa shape index (κ2) is 10.3. The fraction of sp³-hybridized carbons (Fsp3) is 0.619. The van der Waals surface area contributed by atoms with E-state index in [0.29, 0.717) is 67.5 Å². The Morgan fingerprint density at radius 3 is 2.66 bits per heavy atom. The van der Waals surface area contributed by atoms with Gasteiger partial charge in [-0.15, -0.1) is 0 Å². The van der Waals surface area contributed by atoms with E-state index in [9.17, 15) is 9.59 Å². The first-order valence-electron chi connectivity index (χ1n) is 10.2. The van der Waals surface area contributed by atoms with Gasteiger partial charge in [-0.25, -0.2) is 0 Å². The number of halogens is 1. The van der Waals surface area contributed by atoms with Crippen LogP contribution in [0.4, 0.5) is 0 Å². The second-order valence-corrected chi connectivity index (χ2v) is 8.22. The highest BCUT2D eigenvalue weighted by molar-refractivity contribution is 9.10. The molecule has 2 aliphatic rings. The quantitative estimate of drug-likeness (QED) is 0.641. The molecule has 1 atom stereocenters. The van der Waals surface area contributed by atoms with Crippen LogP contribution >= 0.6 is 15.9 Å². The van der Waals surface area contributed by atoms with Gasteiger partial charge >= 0.3 is 0 Å². The maximum atomic E-state index is 13.2. The van der Waals surface area contributed by atoms with Crippen LogP contribution in [-0.4, -0.2) is 74.7 Å². The first-order chi connectivity index (χ1) is 14.0. The van der Waals surface area contributed by atoms with Gasteiger partial charge in [0, 0.05) is 31.7 Å². The molecule has 2 amide bonds. The molecule has 2 heterocycles. The van der Waals surface area contributed by atoms with Crippen LogP contribution in [0.1, 0.15) is 36.5 Å². The fourth-order valence-corrected chi connectivity index (χ4v) is 4.33. The number of methoxy groups -OCH3 is 1. The van der Waals surface area contributed by atoms with Crippen LogP contribution in [0.5, 0.6) is 11.5 Å². The average Bonchev–Trinajstić information content (AvgIpc) is 2.77. The summed E-state index contributed by atoms with van der Waals surface area (Å²) in [5.41, 5.74) is 0.525. The van der Waals surface area contributed by atoms with Crippen molar-refractivity contribution in [2.45, 2.75) is 26.2 Å². The third-order valence-corrected chi connectivity index (χ3v) is 5.90. The Kier molecular flexibility index (Phi) is 7.77. The lowest BCUT2D eigenvalue weighted by Crippen LogP contribution is -2.49. The number of carbonyl (C=O) groups is 2. The van der Waals surface area contributed by atoms with Crippen molar-refractivity contribution in [3.05, 3.63) is 22.2 Å². The molecule has 2 fully saturated rings. The molecule has 0 bridgehead atoms. The minimum Gasteiger partial charge on any atom is -0.493 e. The molecule has 0 saturated carbocycles. The number of hydrogen-bond acceptors (Lipinski definition) is 5. The van der Waals surface area contributed by atoms with Gasteiger partial charge in [-0.1, -0.05) is 6.92 Å². The molecule has 1 aromatic rings. The number of piperidine rings is 1. The normalized spacial score (nSPS) is 19.8. The standard InChI is InChI=1S/C21H29BrN2O5/c1-3-9-29-19-17(22)12-16(13-18(19)27-2)21(26)24-6-4-5-15(14-24)20(25)23-7-10-28-11-8-23/h12-13,15H,3-11,14H2,1-2H3. The maximum absolute atomic E-state index is 13.2. The minimum atomic E-state index is -0.150. The second-order valence-electron chi connectivity index (χ2n) is 7.37. The molecule has 0 aromatic heterocycles. The van der Waals surface area contributed by atoms with Crippen molar-refractivity contribution in [3.8, 4) is 11.5 Å². The SMILES string of the molecule is CCCOc1c(Br)cc(C(=O)N2CCCC(C(=O)N3CCOCC3)C2)cc1OC. The zero-order valence-electron chi connectivity index (χ0n) is 17.1. The van der Waals surface area contributed by atoms with Gasteiger partial charge in [0.15, 0.2) is 11.5 Å². The van der Waals surface area contributed by atoms with Crippen molar-refractivity contribution < 1.29 is 23.8 Å². The molecule has 1 unspecified atom stereocenters. The number of morpholine rings is 1. The number of rotatable bonds is 6. The average molecular weight is 469 g/mol. The molecule has 7 nitrogen and oxygen atoms in total.